The highest BCUT2D eigenvalue weighted by Crippen LogP contribution is 2.14. The van der Waals surface area contributed by atoms with Crippen molar-refractivity contribution in [2.75, 3.05) is 46.6 Å². The summed E-state index contributed by atoms with van der Waals surface area (Å²) in [6.45, 7) is 8.91. The number of nitrogens with one attached hydrogen (secondary N) is 2. The van der Waals surface area contributed by atoms with Crippen LogP contribution in [0.3, 0.4) is 0 Å². The Morgan fingerprint density at radius 3 is 2.93 bits per heavy atom. The highest BCUT2D eigenvalue weighted by molar-refractivity contribution is 14.0. The summed E-state index contributed by atoms with van der Waals surface area (Å²) in [7, 11) is 1.78. The molecule has 27 heavy (non-hydrogen) atoms. The minimum atomic E-state index is 0. The van der Waals surface area contributed by atoms with E-state index in [9.17, 15) is 0 Å². The van der Waals surface area contributed by atoms with E-state index < -0.39 is 0 Å². The number of aryl methyl sites for hydroxylation is 1. The Kier molecular flexibility index (Phi) is 12.4. The molecule has 7 heteroatoms. The number of aliphatic imine (C=N–C) groups is 1. The lowest BCUT2D eigenvalue weighted by atomic mass is 10.1. The molecule has 0 bridgehead atoms. The van der Waals surface area contributed by atoms with Crippen molar-refractivity contribution in [3.05, 3.63) is 29.8 Å². The topological polar surface area (TPSA) is 64.1 Å². The maximum absolute atomic E-state index is 5.92. The van der Waals surface area contributed by atoms with E-state index in [1.54, 1.807) is 7.05 Å². The van der Waals surface area contributed by atoms with E-state index in [1.165, 1.54) is 5.56 Å². The number of hydrogen-bond acceptors (Lipinski definition) is 4. The van der Waals surface area contributed by atoms with Crippen LogP contribution in [0.15, 0.2) is 29.3 Å². The Balaban J connectivity index is 0.00000364. The number of hydrogen-bond donors (Lipinski definition) is 2. The lowest BCUT2D eigenvalue weighted by Crippen LogP contribution is -2.42. The average molecular weight is 491 g/mol. The van der Waals surface area contributed by atoms with Crippen molar-refractivity contribution in [1.29, 1.82) is 0 Å². The zero-order chi connectivity index (χ0) is 18.6. The van der Waals surface area contributed by atoms with Gasteiger partial charge in [0, 0.05) is 32.7 Å². The number of rotatable bonds is 10. The number of benzene rings is 1. The van der Waals surface area contributed by atoms with Gasteiger partial charge in [-0.15, -0.1) is 24.0 Å². The maximum atomic E-state index is 5.92. The summed E-state index contributed by atoms with van der Waals surface area (Å²) in [6.07, 6.45) is 2.12. The first-order valence-corrected chi connectivity index (χ1v) is 9.50. The molecule has 6 nitrogen and oxygen atoms in total. The van der Waals surface area contributed by atoms with E-state index in [0.29, 0.717) is 12.5 Å². The van der Waals surface area contributed by atoms with Crippen LogP contribution >= 0.6 is 24.0 Å². The highest BCUT2D eigenvalue weighted by Gasteiger charge is 2.15. The van der Waals surface area contributed by atoms with Gasteiger partial charge in [-0.3, -0.25) is 4.99 Å². The standard InChI is InChI=1S/C20H33N3O3.HI/c1-16-6-4-7-19(12-16)26-17(2)13-23-20(21-3)22-9-5-10-24-14-18-8-11-25-15-18;/h4,6-7,12,17-18H,5,8-11,13-15H2,1-3H3,(H2,21,22,23);1H. The number of nitrogens with zero attached hydrogens (tertiary/aromatic N) is 1. The first-order valence-electron chi connectivity index (χ1n) is 9.50. The van der Waals surface area contributed by atoms with Gasteiger partial charge in [-0.1, -0.05) is 12.1 Å². The van der Waals surface area contributed by atoms with Crippen LogP contribution in [0.2, 0.25) is 0 Å². The second kappa shape index (κ2) is 14.0. The van der Waals surface area contributed by atoms with Crippen molar-refractivity contribution in [3.63, 3.8) is 0 Å². The molecule has 0 aromatic heterocycles. The predicted octanol–water partition coefficient (Wildman–Crippen LogP) is 2.99. The van der Waals surface area contributed by atoms with Crippen molar-refractivity contribution in [1.82, 2.24) is 10.6 Å². The molecule has 1 aliphatic heterocycles. The fourth-order valence-corrected chi connectivity index (χ4v) is 2.77. The molecule has 1 aliphatic rings. The molecule has 0 aliphatic carbocycles. The molecule has 0 saturated carbocycles. The molecular formula is C20H34IN3O3. The van der Waals surface area contributed by atoms with Crippen LogP contribution < -0.4 is 15.4 Å². The molecule has 154 valence electrons. The molecular weight excluding hydrogens is 457 g/mol. The summed E-state index contributed by atoms with van der Waals surface area (Å²) in [5, 5.41) is 6.60. The third kappa shape index (κ3) is 10.2. The van der Waals surface area contributed by atoms with Gasteiger partial charge in [0.2, 0.25) is 0 Å². The van der Waals surface area contributed by atoms with Crippen molar-refractivity contribution < 1.29 is 14.2 Å². The quantitative estimate of drug-likeness (QED) is 0.228. The minimum Gasteiger partial charge on any atom is -0.489 e. The summed E-state index contributed by atoms with van der Waals surface area (Å²) >= 11 is 0. The molecule has 1 aromatic carbocycles. The van der Waals surface area contributed by atoms with Crippen molar-refractivity contribution in [2.24, 2.45) is 10.9 Å². The molecule has 0 radical (unpaired) electrons. The molecule has 0 amide bonds. The average Bonchev–Trinajstić information content (AvgIpc) is 3.14. The third-order valence-electron chi connectivity index (χ3n) is 4.24. The zero-order valence-corrected chi connectivity index (χ0v) is 19.0. The van der Waals surface area contributed by atoms with Gasteiger partial charge in [-0.2, -0.15) is 0 Å². The zero-order valence-electron chi connectivity index (χ0n) is 16.7. The molecule has 1 aromatic rings. The van der Waals surface area contributed by atoms with E-state index >= 15 is 0 Å². The molecule has 2 rings (SSSR count). The Morgan fingerprint density at radius 2 is 2.22 bits per heavy atom. The van der Waals surface area contributed by atoms with E-state index in [0.717, 1.165) is 57.5 Å². The van der Waals surface area contributed by atoms with Crippen LogP contribution in [0.4, 0.5) is 0 Å². The fraction of sp³-hybridized carbons (Fsp3) is 0.650. The van der Waals surface area contributed by atoms with Crippen LogP contribution in [0.5, 0.6) is 5.75 Å². The van der Waals surface area contributed by atoms with Crippen LogP contribution in [0.25, 0.3) is 0 Å². The monoisotopic (exact) mass is 491 g/mol. The van der Waals surface area contributed by atoms with Gasteiger partial charge >= 0.3 is 0 Å². The number of guanidine groups is 1. The molecule has 0 spiro atoms. The first kappa shape index (κ1) is 24.0. The summed E-state index contributed by atoms with van der Waals surface area (Å²) < 4.78 is 17.0. The van der Waals surface area contributed by atoms with E-state index in [-0.39, 0.29) is 30.1 Å². The lowest BCUT2D eigenvalue weighted by molar-refractivity contribution is 0.0888. The van der Waals surface area contributed by atoms with Crippen molar-refractivity contribution >= 4 is 29.9 Å². The predicted molar refractivity (Wildman–Crippen MR) is 120 cm³/mol. The van der Waals surface area contributed by atoms with Gasteiger partial charge in [0.05, 0.1) is 19.8 Å². The van der Waals surface area contributed by atoms with Crippen LogP contribution in [0.1, 0.15) is 25.3 Å². The van der Waals surface area contributed by atoms with Crippen LogP contribution in [0, 0.1) is 12.8 Å². The van der Waals surface area contributed by atoms with Gasteiger partial charge in [-0.05, 0) is 44.4 Å². The maximum Gasteiger partial charge on any atom is 0.191 e. The minimum absolute atomic E-state index is 0. The largest absolute Gasteiger partial charge is 0.489 e. The lowest BCUT2D eigenvalue weighted by Gasteiger charge is -2.18. The second-order valence-corrected chi connectivity index (χ2v) is 6.78. The fourth-order valence-electron chi connectivity index (χ4n) is 2.77. The van der Waals surface area contributed by atoms with Gasteiger partial charge in [0.1, 0.15) is 11.9 Å². The van der Waals surface area contributed by atoms with Gasteiger partial charge in [-0.25, -0.2) is 0 Å². The Labute approximate surface area is 180 Å². The SMILES string of the molecule is CN=C(NCCCOCC1CCOC1)NCC(C)Oc1cccc(C)c1.I. The van der Waals surface area contributed by atoms with Gasteiger partial charge in [0.15, 0.2) is 5.96 Å². The third-order valence-corrected chi connectivity index (χ3v) is 4.24. The Morgan fingerprint density at radius 1 is 1.37 bits per heavy atom. The van der Waals surface area contributed by atoms with Gasteiger partial charge in [0.25, 0.3) is 0 Å². The van der Waals surface area contributed by atoms with E-state index in [2.05, 4.69) is 28.6 Å². The number of ether oxygens (including phenoxy) is 3. The molecule has 1 saturated heterocycles. The first-order chi connectivity index (χ1) is 12.7. The Bertz CT molecular complexity index is 551. The summed E-state index contributed by atoms with van der Waals surface area (Å²) in [5.74, 6) is 2.26. The van der Waals surface area contributed by atoms with Crippen molar-refractivity contribution in [2.45, 2.75) is 32.8 Å². The van der Waals surface area contributed by atoms with Crippen molar-refractivity contribution in [3.8, 4) is 5.75 Å². The second-order valence-electron chi connectivity index (χ2n) is 6.78. The molecule has 2 N–H and O–H groups in total. The molecule has 2 unspecified atom stereocenters. The van der Waals surface area contributed by atoms with Crippen LogP contribution in [-0.2, 0) is 9.47 Å². The van der Waals surface area contributed by atoms with E-state index in [4.69, 9.17) is 14.2 Å². The summed E-state index contributed by atoms with van der Waals surface area (Å²) in [6, 6.07) is 8.09. The van der Waals surface area contributed by atoms with Crippen LogP contribution in [-0.4, -0.2) is 58.6 Å². The Hall–Kier alpha value is -1.06. The summed E-state index contributed by atoms with van der Waals surface area (Å²) in [5.41, 5.74) is 1.20. The number of halogens is 1. The molecule has 1 fully saturated rings. The normalized spacial score (nSPS) is 17.9. The highest BCUT2D eigenvalue weighted by atomic mass is 127. The summed E-state index contributed by atoms with van der Waals surface area (Å²) in [4.78, 5) is 4.24. The molecule has 2 atom stereocenters. The van der Waals surface area contributed by atoms with E-state index in [1.807, 2.05) is 25.1 Å². The smallest absolute Gasteiger partial charge is 0.191 e. The molecule has 1 heterocycles. The van der Waals surface area contributed by atoms with Gasteiger partial charge < -0.3 is 24.8 Å².